The van der Waals surface area contributed by atoms with E-state index in [-0.39, 0.29) is 48.3 Å². The Morgan fingerprint density at radius 2 is 1.81 bits per heavy atom. The van der Waals surface area contributed by atoms with E-state index in [2.05, 4.69) is 26.6 Å². The van der Waals surface area contributed by atoms with Gasteiger partial charge in [0.25, 0.3) is 0 Å². The molecule has 0 bridgehead atoms. The first-order valence-corrected chi connectivity index (χ1v) is 11.9. The maximum atomic E-state index is 12.3. The highest BCUT2D eigenvalue weighted by molar-refractivity contribution is 8.00. The molecule has 1 fully saturated rings. The van der Waals surface area contributed by atoms with Crippen LogP contribution in [0.25, 0.3) is 0 Å². The summed E-state index contributed by atoms with van der Waals surface area (Å²) in [6.07, 6.45) is 0.388. The van der Waals surface area contributed by atoms with Crippen LogP contribution in [0.5, 0.6) is 0 Å². The number of hydrogen-bond acceptors (Lipinski definition) is 7. The predicted molar refractivity (Wildman–Crippen MR) is 126 cm³/mol. The Bertz CT molecular complexity index is 950. The van der Waals surface area contributed by atoms with E-state index in [0.29, 0.717) is 17.9 Å². The Kier molecular flexibility index (Phi) is 8.65. The number of amides is 4. The van der Waals surface area contributed by atoms with Gasteiger partial charge in [-0.25, -0.2) is 0 Å². The van der Waals surface area contributed by atoms with Crippen LogP contribution >= 0.6 is 23.1 Å². The van der Waals surface area contributed by atoms with Gasteiger partial charge in [0.1, 0.15) is 5.50 Å². The van der Waals surface area contributed by atoms with Gasteiger partial charge in [-0.1, -0.05) is 6.07 Å². The van der Waals surface area contributed by atoms with E-state index in [4.69, 9.17) is 0 Å². The van der Waals surface area contributed by atoms with Crippen molar-refractivity contribution in [3.63, 3.8) is 0 Å². The molecule has 1 aliphatic rings. The van der Waals surface area contributed by atoms with Crippen LogP contribution in [-0.2, 0) is 25.7 Å². The third-order valence-electron chi connectivity index (χ3n) is 4.45. The van der Waals surface area contributed by atoms with Crippen molar-refractivity contribution in [2.75, 3.05) is 16.4 Å². The normalized spacial score (nSPS) is 17.8. The molecule has 11 heteroatoms. The molecule has 0 spiro atoms. The van der Waals surface area contributed by atoms with Crippen LogP contribution in [0.2, 0.25) is 0 Å². The summed E-state index contributed by atoms with van der Waals surface area (Å²) in [6, 6.07) is 10.4. The second-order valence-electron chi connectivity index (χ2n) is 7.19. The third-order valence-corrected chi connectivity index (χ3v) is 6.35. The van der Waals surface area contributed by atoms with Crippen LogP contribution in [0.15, 0.2) is 41.8 Å². The number of nitrogens with one attached hydrogen (secondary N) is 5. The number of benzene rings is 1. The zero-order valence-electron chi connectivity index (χ0n) is 17.5. The van der Waals surface area contributed by atoms with E-state index in [1.807, 2.05) is 17.5 Å². The van der Waals surface area contributed by atoms with Crippen LogP contribution < -0.4 is 26.6 Å². The summed E-state index contributed by atoms with van der Waals surface area (Å²) in [4.78, 5) is 48.6. The molecule has 9 nitrogen and oxygen atoms in total. The highest BCUT2D eigenvalue weighted by Gasteiger charge is 2.28. The van der Waals surface area contributed by atoms with Gasteiger partial charge < -0.3 is 21.3 Å². The van der Waals surface area contributed by atoms with Crippen LogP contribution in [0.3, 0.4) is 0 Å². The van der Waals surface area contributed by atoms with Crippen LogP contribution in [0.1, 0.15) is 24.6 Å². The number of carbonyl (C=O) groups excluding carboxylic acids is 4. The minimum absolute atomic E-state index is 0.114. The monoisotopic (exact) mass is 475 g/mol. The number of anilines is 2. The number of thiophene rings is 1. The van der Waals surface area contributed by atoms with Crippen LogP contribution in [-0.4, -0.2) is 40.9 Å². The SMILES string of the molecule is CC(=O)Nc1ccc(NC(=O)CSC2NC(=O)CC(CC(=O)NCc3cccs3)N2)cc1. The fraction of sp³-hybridized carbons (Fsp3) is 0.333. The number of carbonyl (C=O) groups is 4. The molecule has 32 heavy (non-hydrogen) atoms. The Hall–Kier alpha value is -2.89. The van der Waals surface area contributed by atoms with Gasteiger partial charge >= 0.3 is 0 Å². The smallest absolute Gasteiger partial charge is 0.234 e. The van der Waals surface area contributed by atoms with Crippen molar-refractivity contribution >= 4 is 58.1 Å². The van der Waals surface area contributed by atoms with Crippen molar-refractivity contribution in [1.29, 1.82) is 0 Å². The summed E-state index contributed by atoms with van der Waals surface area (Å²) in [5.41, 5.74) is 0.786. The van der Waals surface area contributed by atoms with Crippen molar-refractivity contribution in [1.82, 2.24) is 16.0 Å². The molecular weight excluding hydrogens is 450 g/mol. The average Bonchev–Trinajstić information content (AvgIpc) is 3.25. The van der Waals surface area contributed by atoms with Crippen molar-refractivity contribution in [3.8, 4) is 0 Å². The lowest BCUT2D eigenvalue weighted by Crippen LogP contribution is -2.56. The Labute approximate surface area is 194 Å². The highest BCUT2D eigenvalue weighted by Crippen LogP contribution is 2.17. The number of hydrogen-bond donors (Lipinski definition) is 5. The largest absolute Gasteiger partial charge is 0.351 e. The summed E-state index contributed by atoms with van der Waals surface area (Å²) < 4.78 is 0. The molecule has 0 aliphatic carbocycles. The van der Waals surface area contributed by atoms with Gasteiger partial charge in [-0.2, -0.15) is 0 Å². The van der Waals surface area contributed by atoms with Crippen LogP contribution in [0.4, 0.5) is 11.4 Å². The molecule has 4 amide bonds. The van der Waals surface area contributed by atoms with Gasteiger partial charge in [-0.15, -0.1) is 23.1 Å². The fourth-order valence-corrected chi connectivity index (χ4v) is 4.59. The molecule has 2 heterocycles. The standard InChI is InChI=1S/C21H25N5O4S2/c1-13(27)23-14-4-6-15(7-5-14)24-20(30)12-32-21-25-16(10-19(29)26-21)9-18(28)22-11-17-3-2-8-31-17/h2-8,16,21,25H,9-12H2,1H3,(H,22,28)(H,23,27)(H,24,30)(H,26,29). The molecule has 170 valence electrons. The molecule has 1 saturated heterocycles. The van der Waals surface area contributed by atoms with Crippen molar-refractivity contribution in [2.24, 2.45) is 0 Å². The molecule has 0 saturated carbocycles. The van der Waals surface area contributed by atoms with E-state index in [1.165, 1.54) is 18.7 Å². The van der Waals surface area contributed by atoms with Gasteiger partial charge in [-0.3, -0.25) is 24.5 Å². The maximum Gasteiger partial charge on any atom is 0.234 e. The Morgan fingerprint density at radius 3 is 2.47 bits per heavy atom. The van der Waals surface area contributed by atoms with Gasteiger partial charge in [0.2, 0.25) is 23.6 Å². The Balaban J connectivity index is 1.40. The average molecular weight is 476 g/mol. The van der Waals surface area contributed by atoms with Crippen LogP contribution in [0, 0.1) is 0 Å². The summed E-state index contributed by atoms with van der Waals surface area (Å²) in [7, 11) is 0. The second kappa shape index (κ2) is 11.7. The predicted octanol–water partition coefficient (Wildman–Crippen LogP) is 1.85. The van der Waals surface area contributed by atoms with E-state index in [1.54, 1.807) is 35.6 Å². The maximum absolute atomic E-state index is 12.3. The highest BCUT2D eigenvalue weighted by atomic mass is 32.2. The zero-order chi connectivity index (χ0) is 22.9. The summed E-state index contributed by atoms with van der Waals surface area (Å²) in [6.45, 7) is 1.90. The van der Waals surface area contributed by atoms with E-state index < -0.39 is 5.50 Å². The molecule has 1 aliphatic heterocycles. The van der Waals surface area contributed by atoms with E-state index >= 15 is 0 Å². The number of thioether (sulfide) groups is 1. The van der Waals surface area contributed by atoms with Gasteiger partial charge in [-0.05, 0) is 35.7 Å². The summed E-state index contributed by atoms with van der Waals surface area (Å²) in [5.74, 6) is -0.573. The third kappa shape index (κ3) is 7.98. The molecule has 1 aromatic carbocycles. The molecule has 1 aromatic heterocycles. The number of rotatable bonds is 9. The minimum Gasteiger partial charge on any atom is -0.351 e. The first-order chi connectivity index (χ1) is 15.4. The topological polar surface area (TPSA) is 128 Å². The molecule has 5 N–H and O–H groups in total. The van der Waals surface area contributed by atoms with Gasteiger partial charge in [0.15, 0.2) is 0 Å². The van der Waals surface area contributed by atoms with Crippen molar-refractivity contribution in [3.05, 3.63) is 46.7 Å². The first-order valence-electron chi connectivity index (χ1n) is 10.0. The Morgan fingerprint density at radius 1 is 1.09 bits per heavy atom. The van der Waals surface area contributed by atoms with Crippen molar-refractivity contribution < 1.29 is 19.2 Å². The lowest BCUT2D eigenvalue weighted by Gasteiger charge is -2.30. The lowest BCUT2D eigenvalue weighted by molar-refractivity contribution is -0.125. The molecule has 2 atom stereocenters. The fourth-order valence-electron chi connectivity index (χ4n) is 3.06. The minimum atomic E-state index is -0.459. The molecule has 0 radical (unpaired) electrons. The summed E-state index contributed by atoms with van der Waals surface area (Å²) in [5, 5.41) is 16.2. The zero-order valence-corrected chi connectivity index (χ0v) is 19.1. The molecular formula is C21H25N5O4S2. The second-order valence-corrected chi connectivity index (χ2v) is 9.32. The molecule has 2 unspecified atom stereocenters. The quantitative estimate of drug-likeness (QED) is 0.377. The van der Waals surface area contributed by atoms with Gasteiger partial charge in [0, 0.05) is 42.1 Å². The lowest BCUT2D eigenvalue weighted by atomic mass is 10.1. The van der Waals surface area contributed by atoms with Crippen molar-refractivity contribution in [2.45, 2.75) is 37.8 Å². The van der Waals surface area contributed by atoms with E-state index in [0.717, 1.165) is 4.88 Å². The van der Waals surface area contributed by atoms with Gasteiger partial charge in [0.05, 0.1) is 12.3 Å². The van der Waals surface area contributed by atoms with E-state index in [9.17, 15) is 19.2 Å². The first kappa shape index (κ1) is 23.8. The molecule has 3 rings (SSSR count). The molecule has 2 aromatic rings. The summed E-state index contributed by atoms with van der Waals surface area (Å²) >= 11 is 2.81.